The van der Waals surface area contributed by atoms with Crippen LogP contribution in [0, 0.1) is 0 Å². The summed E-state index contributed by atoms with van der Waals surface area (Å²) in [6.07, 6.45) is 0. The number of pyridine rings is 1. The molecule has 106 valence electrons. The van der Waals surface area contributed by atoms with Crippen molar-refractivity contribution < 1.29 is 9.47 Å². The molecular formula is C17H16N2O2. The molecule has 0 aliphatic carbocycles. The normalized spacial score (nSPS) is 10.6. The van der Waals surface area contributed by atoms with Crippen molar-refractivity contribution >= 4 is 16.5 Å². The third-order valence-electron chi connectivity index (χ3n) is 3.45. The lowest BCUT2D eigenvalue weighted by Gasteiger charge is -2.12. The fourth-order valence-corrected chi connectivity index (χ4v) is 2.42. The van der Waals surface area contributed by atoms with Gasteiger partial charge in [0, 0.05) is 22.0 Å². The van der Waals surface area contributed by atoms with Gasteiger partial charge in [-0.2, -0.15) is 0 Å². The van der Waals surface area contributed by atoms with E-state index in [2.05, 4.69) is 4.98 Å². The lowest BCUT2D eigenvalue weighted by atomic mass is 10.1. The standard InChI is InChI=1S/C17H16N2O2/c1-20-16-9-4-3-6-12(16)15-10-13-11(17(19-15)21-2)7-5-8-14(13)18/h3-10H,18H2,1-2H3. The van der Waals surface area contributed by atoms with E-state index in [4.69, 9.17) is 15.2 Å². The number of hydrogen-bond donors (Lipinski definition) is 1. The molecule has 4 heteroatoms. The molecule has 0 aliphatic rings. The highest BCUT2D eigenvalue weighted by atomic mass is 16.5. The SMILES string of the molecule is COc1ccccc1-c1cc2c(N)cccc2c(OC)n1. The van der Waals surface area contributed by atoms with Gasteiger partial charge in [0.25, 0.3) is 0 Å². The molecule has 4 nitrogen and oxygen atoms in total. The number of nitrogens with two attached hydrogens (primary N) is 1. The number of rotatable bonds is 3. The Bertz CT molecular complexity index is 800. The minimum atomic E-state index is 0.556. The van der Waals surface area contributed by atoms with E-state index in [1.807, 2.05) is 48.5 Å². The van der Waals surface area contributed by atoms with Crippen molar-refractivity contribution in [1.82, 2.24) is 4.98 Å². The van der Waals surface area contributed by atoms with Gasteiger partial charge in [0.2, 0.25) is 5.88 Å². The Morgan fingerprint density at radius 3 is 2.48 bits per heavy atom. The Morgan fingerprint density at radius 1 is 0.905 bits per heavy atom. The van der Waals surface area contributed by atoms with Crippen LogP contribution in [0.4, 0.5) is 5.69 Å². The van der Waals surface area contributed by atoms with Gasteiger partial charge in [0.1, 0.15) is 5.75 Å². The van der Waals surface area contributed by atoms with Crippen LogP contribution in [-0.2, 0) is 0 Å². The zero-order valence-electron chi connectivity index (χ0n) is 12.0. The number of aromatic nitrogens is 1. The maximum atomic E-state index is 6.08. The smallest absolute Gasteiger partial charge is 0.221 e. The number of methoxy groups -OCH3 is 2. The molecule has 1 heterocycles. The maximum absolute atomic E-state index is 6.08. The molecular weight excluding hydrogens is 264 g/mol. The zero-order chi connectivity index (χ0) is 14.8. The number of fused-ring (bicyclic) bond motifs is 1. The van der Waals surface area contributed by atoms with Crippen molar-refractivity contribution in [2.24, 2.45) is 0 Å². The molecule has 3 aromatic rings. The molecule has 3 rings (SSSR count). The van der Waals surface area contributed by atoms with Crippen LogP contribution in [-0.4, -0.2) is 19.2 Å². The van der Waals surface area contributed by atoms with Gasteiger partial charge >= 0.3 is 0 Å². The topological polar surface area (TPSA) is 57.4 Å². The molecule has 0 fully saturated rings. The van der Waals surface area contributed by atoms with Crippen LogP contribution < -0.4 is 15.2 Å². The Labute approximate surface area is 123 Å². The van der Waals surface area contributed by atoms with E-state index in [1.165, 1.54) is 0 Å². The molecule has 1 aromatic heterocycles. The molecule has 0 radical (unpaired) electrons. The van der Waals surface area contributed by atoms with Crippen molar-refractivity contribution in [3.63, 3.8) is 0 Å². The first-order valence-electron chi connectivity index (χ1n) is 6.61. The van der Waals surface area contributed by atoms with Crippen molar-refractivity contribution in [2.45, 2.75) is 0 Å². The molecule has 2 aromatic carbocycles. The van der Waals surface area contributed by atoms with E-state index in [1.54, 1.807) is 14.2 Å². The lowest BCUT2D eigenvalue weighted by molar-refractivity contribution is 0.403. The predicted molar refractivity (Wildman–Crippen MR) is 84.7 cm³/mol. The van der Waals surface area contributed by atoms with E-state index < -0.39 is 0 Å². The van der Waals surface area contributed by atoms with Gasteiger partial charge in [-0.1, -0.05) is 18.2 Å². The van der Waals surface area contributed by atoms with Crippen LogP contribution in [0.1, 0.15) is 0 Å². The van der Waals surface area contributed by atoms with E-state index in [0.717, 1.165) is 27.8 Å². The van der Waals surface area contributed by atoms with Gasteiger partial charge in [-0.05, 0) is 30.3 Å². The van der Waals surface area contributed by atoms with Crippen molar-refractivity contribution in [3.05, 3.63) is 48.5 Å². The molecule has 0 amide bonds. The molecule has 21 heavy (non-hydrogen) atoms. The van der Waals surface area contributed by atoms with E-state index in [-0.39, 0.29) is 0 Å². The van der Waals surface area contributed by atoms with Gasteiger partial charge in [0.05, 0.1) is 19.9 Å². The number of benzene rings is 2. The Morgan fingerprint density at radius 2 is 1.71 bits per heavy atom. The highest BCUT2D eigenvalue weighted by Crippen LogP contribution is 2.35. The summed E-state index contributed by atoms with van der Waals surface area (Å²) in [4.78, 5) is 4.58. The van der Waals surface area contributed by atoms with Gasteiger partial charge in [-0.15, -0.1) is 0 Å². The molecule has 0 saturated heterocycles. The maximum Gasteiger partial charge on any atom is 0.221 e. The first kappa shape index (κ1) is 13.2. The number of para-hydroxylation sites is 1. The summed E-state index contributed by atoms with van der Waals surface area (Å²) in [5.74, 6) is 1.32. The second-order valence-corrected chi connectivity index (χ2v) is 4.66. The highest BCUT2D eigenvalue weighted by Gasteiger charge is 2.12. The average Bonchev–Trinajstić information content (AvgIpc) is 2.54. The van der Waals surface area contributed by atoms with E-state index in [9.17, 15) is 0 Å². The van der Waals surface area contributed by atoms with E-state index >= 15 is 0 Å². The fourth-order valence-electron chi connectivity index (χ4n) is 2.42. The number of ether oxygens (including phenoxy) is 2. The summed E-state index contributed by atoms with van der Waals surface area (Å²) in [6, 6.07) is 15.4. The van der Waals surface area contributed by atoms with Crippen LogP contribution in [0.25, 0.3) is 22.0 Å². The quantitative estimate of drug-likeness (QED) is 0.746. The molecule has 0 bridgehead atoms. The minimum absolute atomic E-state index is 0.556. The summed E-state index contributed by atoms with van der Waals surface area (Å²) in [6.45, 7) is 0. The zero-order valence-corrected chi connectivity index (χ0v) is 12.0. The average molecular weight is 280 g/mol. The third-order valence-corrected chi connectivity index (χ3v) is 3.45. The monoisotopic (exact) mass is 280 g/mol. The van der Waals surface area contributed by atoms with Crippen LogP contribution in [0.5, 0.6) is 11.6 Å². The Kier molecular flexibility index (Phi) is 3.36. The predicted octanol–water partition coefficient (Wildman–Crippen LogP) is 3.50. The Balaban J connectivity index is 2.31. The molecule has 0 spiro atoms. The number of hydrogen-bond acceptors (Lipinski definition) is 4. The second-order valence-electron chi connectivity index (χ2n) is 4.66. The largest absolute Gasteiger partial charge is 0.496 e. The summed E-state index contributed by atoms with van der Waals surface area (Å²) in [5.41, 5.74) is 8.46. The molecule has 0 unspecified atom stereocenters. The lowest BCUT2D eigenvalue weighted by Crippen LogP contribution is -1.96. The van der Waals surface area contributed by atoms with Gasteiger partial charge in [-0.25, -0.2) is 4.98 Å². The van der Waals surface area contributed by atoms with Crippen LogP contribution in [0.3, 0.4) is 0 Å². The summed E-state index contributed by atoms with van der Waals surface area (Å²) in [7, 11) is 3.25. The third kappa shape index (κ3) is 2.25. The van der Waals surface area contributed by atoms with E-state index in [0.29, 0.717) is 11.6 Å². The molecule has 0 saturated carbocycles. The summed E-state index contributed by atoms with van der Waals surface area (Å²) < 4.78 is 10.8. The molecule has 0 atom stereocenters. The van der Waals surface area contributed by atoms with Crippen molar-refractivity contribution in [2.75, 3.05) is 20.0 Å². The second kappa shape index (κ2) is 5.32. The fraction of sp³-hybridized carbons (Fsp3) is 0.118. The summed E-state index contributed by atoms with van der Waals surface area (Å²) >= 11 is 0. The van der Waals surface area contributed by atoms with Crippen molar-refractivity contribution in [1.29, 1.82) is 0 Å². The first-order valence-corrected chi connectivity index (χ1v) is 6.61. The van der Waals surface area contributed by atoms with Gasteiger partial charge < -0.3 is 15.2 Å². The van der Waals surface area contributed by atoms with Crippen LogP contribution in [0.2, 0.25) is 0 Å². The van der Waals surface area contributed by atoms with Crippen LogP contribution in [0.15, 0.2) is 48.5 Å². The number of anilines is 1. The highest BCUT2D eigenvalue weighted by molar-refractivity contribution is 5.98. The molecule has 0 aliphatic heterocycles. The first-order chi connectivity index (χ1) is 10.2. The van der Waals surface area contributed by atoms with Crippen LogP contribution >= 0.6 is 0 Å². The molecule has 2 N–H and O–H groups in total. The minimum Gasteiger partial charge on any atom is -0.496 e. The van der Waals surface area contributed by atoms with Crippen molar-refractivity contribution in [3.8, 4) is 22.9 Å². The summed E-state index contributed by atoms with van der Waals surface area (Å²) in [5, 5.41) is 1.82. The van der Waals surface area contributed by atoms with Gasteiger partial charge in [-0.3, -0.25) is 0 Å². The number of nitrogens with zero attached hydrogens (tertiary/aromatic N) is 1. The van der Waals surface area contributed by atoms with Gasteiger partial charge in [0.15, 0.2) is 0 Å². The Hall–Kier alpha value is -2.75. The number of nitrogen functional groups attached to an aromatic ring is 1.